The molecule has 0 bridgehead atoms. The summed E-state index contributed by atoms with van der Waals surface area (Å²) in [5.41, 5.74) is 10.5. The van der Waals surface area contributed by atoms with Gasteiger partial charge in [-0.1, -0.05) is 87.7 Å². The maximum Gasteiger partial charge on any atom is 2.00 e. The molecule has 218 valence electrons. The standard InChI is InChI=1S/C40H33N3.Pt/c1-26(2)30-23-31(27(3)4)25-32(24-30)43-38-22-11-19-35(39(38)42-40(43)29-14-6-5-7-15-29)37-21-12-20-36(41-37)34-18-10-16-28-13-8-9-17-33(28)34;/h5-14,16-17,19-27H,1-4H3;/q-2;+2. The Morgan fingerprint density at radius 2 is 1.36 bits per heavy atom. The zero-order chi connectivity index (χ0) is 29.5. The van der Waals surface area contributed by atoms with Crippen LogP contribution < -0.4 is 0 Å². The predicted molar refractivity (Wildman–Crippen MR) is 179 cm³/mol. The minimum Gasteiger partial charge on any atom is -0.333 e. The van der Waals surface area contributed by atoms with Crippen molar-refractivity contribution in [3.05, 3.63) is 139 Å². The second-order valence-electron chi connectivity index (χ2n) is 11.7. The molecule has 0 aliphatic carbocycles. The van der Waals surface area contributed by atoms with Gasteiger partial charge >= 0.3 is 21.1 Å². The molecule has 0 atom stereocenters. The van der Waals surface area contributed by atoms with Crippen LogP contribution in [0.15, 0.2) is 115 Å². The second-order valence-corrected chi connectivity index (χ2v) is 11.7. The van der Waals surface area contributed by atoms with Gasteiger partial charge in [0.05, 0.1) is 22.6 Å². The molecule has 0 aliphatic heterocycles. The molecule has 0 spiro atoms. The minimum absolute atomic E-state index is 0. The number of aromatic nitrogens is 3. The van der Waals surface area contributed by atoms with Gasteiger partial charge in [0.15, 0.2) is 0 Å². The Kier molecular flexibility index (Phi) is 8.34. The van der Waals surface area contributed by atoms with E-state index >= 15 is 0 Å². The summed E-state index contributed by atoms with van der Waals surface area (Å²) < 4.78 is 2.30. The molecule has 0 amide bonds. The largest absolute Gasteiger partial charge is 2.00 e. The van der Waals surface area contributed by atoms with Crippen molar-refractivity contribution < 1.29 is 21.1 Å². The maximum absolute atomic E-state index is 5.32. The monoisotopic (exact) mass is 750 g/mol. The summed E-state index contributed by atoms with van der Waals surface area (Å²) >= 11 is 0. The third-order valence-corrected chi connectivity index (χ3v) is 8.19. The van der Waals surface area contributed by atoms with Crippen molar-refractivity contribution in [1.29, 1.82) is 0 Å². The van der Waals surface area contributed by atoms with Gasteiger partial charge in [-0.05, 0) is 52.9 Å². The number of pyridine rings is 1. The average Bonchev–Trinajstić information content (AvgIpc) is 3.45. The molecule has 3 nitrogen and oxygen atoms in total. The van der Waals surface area contributed by atoms with Gasteiger partial charge in [-0.2, -0.15) is 0 Å². The van der Waals surface area contributed by atoms with Crippen LogP contribution in [0.1, 0.15) is 50.7 Å². The fraction of sp³-hybridized carbons (Fsp3) is 0.150. The molecule has 0 saturated heterocycles. The Hall–Kier alpha value is -4.33. The molecule has 7 aromatic rings. The predicted octanol–water partition coefficient (Wildman–Crippen LogP) is 10.4. The van der Waals surface area contributed by atoms with Gasteiger partial charge in [-0.3, -0.25) is 9.97 Å². The smallest absolute Gasteiger partial charge is 0.333 e. The van der Waals surface area contributed by atoms with E-state index in [0.717, 1.165) is 56.0 Å². The molecule has 0 unspecified atom stereocenters. The second kappa shape index (κ2) is 12.3. The fourth-order valence-electron chi connectivity index (χ4n) is 5.83. The van der Waals surface area contributed by atoms with Crippen molar-refractivity contribution in [3.8, 4) is 39.6 Å². The molecule has 0 saturated carbocycles. The van der Waals surface area contributed by atoms with E-state index in [0.29, 0.717) is 11.8 Å². The zero-order valence-electron chi connectivity index (χ0n) is 25.3. The molecule has 44 heavy (non-hydrogen) atoms. The first-order valence-electron chi connectivity index (χ1n) is 15.0. The van der Waals surface area contributed by atoms with Crippen molar-refractivity contribution in [1.82, 2.24) is 14.5 Å². The molecule has 0 fully saturated rings. The van der Waals surface area contributed by atoms with Crippen molar-refractivity contribution in [3.63, 3.8) is 0 Å². The quantitative estimate of drug-likeness (QED) is 0.159. The van der Waals surface area contributed by atoms with Crippen molar-refractivity contribution in [2.45, 2.75) is 39.5 Å². The van der Waals surface area contributed by atoms with Gasteiger partial charge in [-0.25, -0.2) is 0 Å². The summed E-state index contributed by atoms with van der Waals surface area (Å²) in [6.07, 6.45) is 0. The zero-order valence-corrected chi connectivity index (χ0v) is 27.6. The van der Waals surface area contributed by atoms with Crippen LogP contribution in [0.25, 0.3) is 61.4 Å². The SMILES string of the molecule is CC(C)c1cc(C(C)C)cc(-n2c(-c3[c-]cccc3)nc3c(-c4cccc(-c5[c-]ccc6ccccc56)n4)cccc32)c1.[Pt+2]. The van der Waals surface area contributed by atoms with Gasteiger partial charge < -0.3 is 4.57 Å². The van der Waals surface area contributed by atoms with E-state index in [4.69, 9.17) is 9.97 Å². The number of imidazole rings is 1. The van der Waals surface area contributed by atoms with E-state index in [1.807, 2.05) is 24.3 Å². The average molecular weight is 751 g/mol. The molecule has 7 rings (SSSR count). The van der Waals surface area contributed by atoms with Crippen LogP contribution in [-0.4, -0.2) is 14.5 Å². The topological polar surface area (TPSA) is 30.7 Å². The Labute approximate surface area is 273 Å². The van der Waals surface area contributed by atoms with Crippen LogP contribution >= 0.6 is 0 Å². The van der Waals surface area contributed by atoms with Crippen LogP contribution in [0.4, 0.5) is 0 Å². The van der Waals surface area contributed by atoms with Gasteiger partial charge in [0.2, 0.25) is 0 Å². The number of hydrogen-bond donors (Lipinski definition) is 0. The summed E-state index contributed by atoms with van der Waals surface area (Å²) in [5, 5.41) is 2.32. The van der Waals surface area contributed by atoms with Crippen LogP contribution in [0.5, 0.6) is 0 Å². The summed E-state index contributed by atoms with van der Waals surface area (Å²) in [6.45, 7) is 9.02. The molecular weight excluding hydrogens is 718 g/mol. The van der Waals surface area contributed by atoms with Crippen molar-refractivity contribution in [2.75, 3.05) is 0 Å². The van der Waals surface area contributed by atoms with E-state index < -0.39 is 0 Å². The first-order valence-corrected chi connectivity index (χ1v) is 15.0. The number of fused-ring (bicyclic) bond motifs is 2. The normalized spacial score (nSPS) is 11.4. The number of nitrogens with zero attached hydrogens (tertiary/aromatic N) is 3. The fourth-order valence-corrected chi connectivity index (χ4v) is 5.83. The summed E-state index contributed by atoms with van der Waals surface area (Å²) in [4.78, 5) is 10.5. The Morgan fingerprint density at radius 1 is 0.636 bits per heavy atom. The van der Waals surface area contributed by atoms with Crippen molar-refractivity contribution >= 4 is 21.8 Å². The number of para-hydroxylation sites is 1. The van der Waals surface area contributed by atoms with Crippen LogP contribution in [0.2, 0.25) is 0 Å². The van der Waals surface area contributed by atoms with E-state index in [9.17, 15) is 0 Å². The molecule has 2 aromatic heterocycles. The molecular formula is C40H33N3Pt. The number of hydrogen-bond acceptors (Lipinski definition) is 2. The molecule has 0 radical (unpaired) electrons. The third-order valence-electron chi connectivity index (χ3n) is 8.19. The molecule has 2 heterocycles. The van der Waals surface area contributed by atoms with Crippen LogP contribution in [-0.2, 0) is 21.1 Å². The summed E-state index contributed by atoms with van der Waals surface area (Å²) in [7, 11) is 0. The van der Waals surface area contributed by atoms with E-state index in [1.54, 1.807) is 0 Å². The number of benzene rings is 5. The van der Waals surface area contributed by atoms with Gasteiger partial charge in [0, 0.05) is 11.3 Å². The summed E-state index contributed by atoms with van der Waals surface area (Å²) in [5.74, 6) is 1.69. The molecule has 0 N–H and O–H groups in total. The summed E-state index contributed by atoms with van der Waals surface area (Å²) in [6, 6.07) is 47.0. The number of rotatable bonds is 6. The van der Waals surface area contributed by atoms with Crippen LogP contribution in [0.3, 0.4) is 0 Å². The van der Waals surface area contributed by atoms with Gasteiger partial charge in [0.1, 0.15) is 0 Å². The van der Waals surface area contributed by atoms with E-state index in [-0.39, 0.29) is 21.1 Å². The molecule has 4 heteroatoms. The van der Waals surface area contributed by atoms with E-state index in [2.05, 4.69) is 135 Å². The Bertz CT molecular complexity index is 2060. The first kappa shape index (κ1) is 29.7. The van der Waals surface area contributed by atoms with Gasteiger partial charge in [-0.15, -0.1) is 65.0 Å². The Morgan fingerprint density at radius 3 is 2.11 bits per heavy atom. The third kappa shape index (κ3) is 5.42. The Balaban J connectivity index is 0.00000343. The minimum atomic E-state index is 0. The maximum atomic E-state index is 5.32. The van der Waals surface area contributed by atoms with Crippen LogP contribution in [0, 0.1) is 12.1 Å². The van der Waals surface area contributed by atoms with E-state index in [1.165, 1.54) is 16.5 Å². The molecule has 5 aromatic carbocycles. The first-order chi connectivity index (χ1) is 21.0. The van der Waals surface area contributed by atoms with Crippen molar-refractivity contribution in [2.24, 2.45) is 0 Å². The van der Waals surface area contributed by atoms with Gasteiger partial charge in [0.25, 0.3) is 0 Å². The molecule has 0 aliphatic rings.